The van der Waals surface area contributed by atoms with Gasteiger partial charge in [0.15, 0.2) is 0 Å². The zero-order valence-electron chi connectivity index (χ0n) is 9.19. The van der Waals surface area contributed by atoms with Crippen LogP contribution in [0.4, 0.5) is 0 Å². The summed E-state index contributed by atoms with van der Waals surface area (Å²) in [5.41, 5.74) is 0. The first-order valence-corrected chi connectivity index (χ1v) is 5.94. The number of carbonyl (C=O) groups excluding carboxylic acids is 1. The Morgan fingerprint density at radius 3 is 2.40 bits per heavy atom. The van der Waals surface area contributed by atoms with E-state index >= 15 is 0 Å². The fourth-order valence-corrected chi connectivity index (χ4v) is 2.16. The monoisotopic (exact) mass is 212 g/mol. The Balaban J connectivity index is 1.69. The van der Waals surface area contributed by atoms with E-state index in [2.05, 4.69) is 4.90 Å². The van der Waals surface area contributed by atoms with Crippen LogP contribution in [-0.4, -0.2) is 59.6 Å². The molecule has 2 aliphatic rings. The number of amides is 1. The largest absolute Gasteiger partial charge is 0.396 e. The van der Waals surface area contributed by atoms with E-state index in [0.717, 1.165) is 32.2 Å². The summed E-state index contributed by atoms with van der Waals surface area (Å²) >= 11 is 0. The topological polar surface area (TPSA) is 43.8 Å². The fraction of sp³-hybridized carbons (Fsp3) is 0.909. The van der Waals surface area contributed by atoms with Crippen molar-refractivity contribution in [3.8, 4) is 0 Å². The molecule has 0 unspecified atom stereocenters. The predicted octanol–water partition coefficient (Wildman–Crippen LogP) is 0.0655. The molecule has 86 valence electrons. The molecule has 1 aliphatic carbocycles. The molecule has 1 saturated carbocycles. The molecule has 1 N–H and O–H groups in total. The van der Waals surface area contributed by atoms with Gasteiger partial charge in [-0.1, -0.05) is 0 Å². The fourth-order valence-electron chi connectivity index (χ4n) is 2.16. The third-order valence-corrected chi connectivity index (χ3v) is 3.28. The minimum absolute atomic E-state index is 0.119. The van der Waals surface area contributed by atoms with Gasteiger partial charge in [0.2, 0.25) is 5.91 Å². The van der Waals surface area contributed by atoms with E-state index < -0.39 is 0 Å². The highest BCUT2D eigenvalue weighted by Crippen LogP contribution is 2.27. The number of piperazine rings is 1. The third-order valence-electron chi connectivity index (χ3n) is 3.28. The van der Waals surface area contributed by atoms with Gasteiger partial charge in [0.25, 0.3) is 0 Å². The SMILES string of the molecule is O=C(CCCO)N1CCN(C2CC2)CC1. The smallest absolute Gasteiger partial charge is 0.222 e. The van der Waals surface area contributed by atoms with E-state index in [0.29, 0.717) is 12.8 Å². The van der Waals surface area contributed by atoms with Crippen molar-refractivity contribution in [2.45, 2.75) is 31.7 Å². The van der Waals surface area contributed by atoms with Crippen molar-refractivity contribution in [3.63, 3.8) is 0 Å². The maximum Gasteiger partial charge on any atom is 0.222 e. The third kappa shape index (κ3) is 2.92. The number of aliphatic hydroxyl groups is 1. The molecule has 0 atom stereocenters. The van der Waals surface area contributed by atoms with Crippen LogP contribution in [0, 0.1) is 0 Å². The highest BCUT2D eigenvalue weighted by molar-refractivity contribution is 5.76. The molecule has 0 radical (unpaired) electrons. The van der Waals surface area contributed by atoms with Gasteiger partial charge in [0.05, 0.1) is 0 Å². The van der Waals surface area contributed by atoms with Crippen LogP contribution < -0.4 is 0 Å². The van der Waals surface area contributed by atoms with Gasteiger partial charge >= 0.3 is 0 Å². The lowest BCUT2D eigenvalue weighted by Crippen LogP contribution is -2.49. The van der Waals surface area contributed by atoms with Crippen molar-refractivity contribution >= 4 is 5.91 Å². The van der Waals surface area contributed by atoms with Crippen molar-refractivity contribution in [1.29, 1.82) is 0 Å². The van der Waals surface area contributed by atoms with E-state index in [-0.39, 0.29) is 12.5 Å². The number of nitrogens with zero attached hydrogens (tertiary/aromatic N) is 2. The van der Waals surface area contributed by atoms with Gasteiger partial charge in [-0.15, -0.1) is 0 Å². The zero-order chi connectivity index (χ0) is 10.7. The first kappa shape index (κ1) is 10.9. The van der Waals surface area contributed by atoms with Gasteiger partial charge in [-0.05, 0) is 19.3 Å². The zero-order valence-corrected chi connectivity index (χ0v) is 9.19. The summed E-state index contributed by atoms with van der Waals surface area (Å²) in [5.74, 6) is 0.208. The summed E-state index contributed by atoms with van der Waals surface area (Å²) in [4.78, 5) is 16.1. The number of hydrogen-bond acceptors (Lipinski definition) is 3. The molecule has 1 aliphatic heterocycles. The van der Waals surface area contributed by atoms with Crippen LogP contribution >= 0.6 is 0 Å². The average molecular weight is 212 g/mol. The molecule has 4 nitrogen and oxygen atoms in total. The molecule has 0 spiro atoms. The minimum atomic E-state index is 0.119. The lowest BCUT2D eigenvalue weighted by Gasteiger charge is -2.34. The van der Waals surface area contributed by atoms with Gasteiger partial charge in [-0.2, -0.15) is 0 Å². The van der Waals surface area contributed by atoms with E-state index in [1.807, 2.05) is 4.90 Å². The number of rotatable bonds is 4. The van der Waals surface area contributed by atoms with Gasteiger partial charge in [0.1, 0.15) is 0 Å². The van der Waals surface area contributed by atoms with Crippen LogP contribution in [-0.2, 0) is 4.79 Å². The Labute approximate surface area is 90.9 Å². The maximum absolute atomic E-state index is 11.6. The van der Waals surface area contributed by atoms with Crippen LogP contribution in [0.3, 0.4) is 0 Å². The molecule has 0 bridgehead atoms. The molecule has 1 heterocycles. The lowest BCUT2D eigenvalue weighted by atomic mass is 10.2. The molecule has 0 aromatic rings. The predicted molar refractivity (Wildman–Crippen MR) is 57.5 cm³/mol. The van der Waals surface area contributed by atoms with Crippen LogP contribution in [0.1, 0.15) is 25.7 Å². The summed E-state index contributed by atoms with van der Waals surface area (Å²) in [6.07, 6.45) is 3.79. The Morgan fingerprint density at radius 1 is 1.20 bits per heavy atom. The summed E-state index contributed by atoms with van der Waals surface area (Å²) in [6, 6.07) is 0.819. The second kappa shape index (κ2) is 4.94. The van der Waals surface area contributed by atoms with Crippen LogP contribution in [0.25, 0.3) is 0 Å². The molecule has 0 aromatic heterocycles. The second-order valence-electron chi connectivity index (χ2n) is 4.48. The summed E-state index contributed by atoms with van der Waals surface area (Å²) in [5, 5.41) is 8.66. The molecule has 0 aromatic carbocycles. The van der Waals surface area contributed by atoms with E-state index in [9.17, 15) is 4.79 Å². The molecular weight excluding hydrogens is 192 g/mol. The standard InChI is InChI=1S/C11H20N2O2/c14-9-1-2-11(15)13-7-5-12(6-8-13)10-3-4-10/h10,14H,1-9H2. The summed E-state index contributed by atoms with van der Waals surface area (Å²) in [6.45, 7) is 3.94. The Bertz CT molecular complexity index is 221. The Kier molecular flexibility index (Phi) is 3.59. The second-order valence-corrected chi connectivity index (χ2v) is 4.48. The minimum Gasteiger partial charge on any atom is -0.396 e. The maximum atomic E-state index is 11.6. The Hall–Kier alpha value is -0.610. The highest BCUT2D eigenvalue weighted by atomic mass is 16.3. The van der Waals surface area contributed by atoms with Crippen molar-refractivity contribution in [2.24, 2.45) is 0 Å². The molecule has 4 heteroatoms. The quantitative estimate of drug-likeness (QED) is 0.717. The van der Waals surface area contributed by atoms with Gasteiger partial charge < -0.3 is 10.0 Å². The van der Waals surface area contributed by atoms with Gasteiger partial charge in [-0.3, -0.25) is 9.69 Å². The van der Waals surface area contributed by atoms with Crippen molar-refractivity contribution in [2.75, 3.05) is 32.8 Å². The summed E-state index contributed by atoms with van der Waals surface area (Å²) in [7, 11) is 0. The van der Waals surface area contributed by atoms with Crippen molar-refractivity contribution < 1.29 is 9.90 Å². The van der Waals surface area contributed by atoms with Gasteiger partial charge in [0, 0.05) is 45.2 Å². The average Bonchev–Trinajstić information content (AvgIpc) is 3.10. The Morgan fingerprint density at radius 2 is 1.87 bits per heavy atom. The molecule has 15 heavy (non-hydrogen) atoms. The van der Waals surface area contributed by atoms with Crippen LogP contribution in [0.15, 0.2) is 0 Å². The molecule has 1 saturated heterocycles. The first-order chi connectivity index (χ1) is 7.31. The molecule has 2 fully saturated rings. The van der Waals surface area contributed by atoms with Crippen LogP contribution in [0.5, 0.6) is 0 Å². The normalized spacial score (nSPS) is 23.1. The number of hydrogen-bond donors (Lipinski definition) is 1. The van der Waals surface area contributed by atoms with Gasteiger partial charge in [-0.25, -0.2) is 0 Å². The van der Waals surface area contributed by atoms with E-state index in [4.69, 9.17) is 5.11 Å². The highest BCUT2D eigenvalue weighted by Gasteiger charge is 2.31. The first-order valence-electron chi connectivity index (χ1n) is 5.94. The van der Waals surface area contributed by atoms with Crippen molar-refractivity contribution in [1.82, 2.24) is 9.80 Å². The molecule has 2 rings (SSSR count). The molecule has 1 amide bonds. The van der Waals surface area contributed by atoms with E-state index in [1.54, 1.807) is 0 Å². The summed E-state index contributed by atoms with van der Waals surface area (Å²) < 4.78 is 0. The number of carbonyl (C=O) groups is 1. The number of aliphatic hydroxyl groups excluding tert-OH is 1. The van der Waals surface area contributed by atoms with E-state index in [1.165, 1.54) is 12.8 Å². The molecular formula is C11H20N2O2. The lowest BCUT2D eigenvalue weighted by molar-refractivity contribution is -0.133. The van der Waals surface area contributed by atoms with Crippen molar-refractivity contribution in [3.05, 3.63) is 0 Å². The van der Waals surface area contributed by atoms with Crippen LogP contribution in [0.2, 0.25) is 0 Å².